The monoisotopic (exact) mass is 224 g/mol. The Hall–Kier alpha value is -0.120. The number of β-amino-alcohol motifs (C(OH)–C–C–N with tert-alkyl or cyclic N) is 1. The van der Waals surface area contributed by atoms with Gasteiger partial charge in [0.15, 0.2) is 0 Å². The van der Waals surface area contributed by atoms with E-state index >= 15 is 0 Å². The van der Waals surface area contributed by atoms with E-state index in [0.29, 0.717) is 6.61 Å². The van der Waals surface area contributed by atoms with Crippen molar-refractivity contribution in [1.82, 2.24) is 9.80 Å². The Bertz CT molecular complexity index is 238. The normalized spacial score (nSPS) is 40.7. The first-order valence-electron chi connectivity index (χ1n) is 6.94. The van der Waals surface area contributed by atoms with Crippen LogP contribution in [0.5, 0.6) is 0 Å². The van der Waals surface area contributed by atoms with Crippen LogP contribution in [0, 0.1) is 11.8 Å². The Morgan fingerprint density at radius 2 is 1.81 bits per heavy atom. The molecule has 3 atom stereocenters. The molecule has 1 N–H and O–H groups in total. The van der Waals surface area contributed by atoms with Crippen molar-refractivity contribution < 1.29 is 5.11 Å². The third kappa shape index (κ3) is 2.01. The molecule has 3 fully saturated rings. The van der Waals surface area contributed by atoms with Crippen LogP contribution < -0.4 is 0 Å². The van der Waals surface area contributed by atoms with E-state index in [-0.39, 0.29) is 0 Å². The molecule has 1 heterocycles. The minimum absolute atomic E-state index is 0.314. The molecule has 3 nitrogen and oxygen atoms in total. The summed E-state index contributed by atoms with van der Waals surface area (Å²) in [4.78, 5) is 5.13. The summed E-state index contributed by atoms with van der Waals surface area (Å²) in [6, 6.07) is 0.912. The molecule has 3 unspecified atom stereocenters. The van der Waals surface area contributed by atoms with Crippen LogP contribution in [0.1, 0.15) is 25.7 Å². The van der Waals surface area contributed by atoms with Crippen LogP contribution in [-0.2, 0) is 0 Å². The van der Waals surface area contributed by atoms with Gasteiger partial charge in [-0.2, -0.15) is 0 Å². The second-order valence-electron chi connectivity index (χ2n) is 5.84. The SMILES string of the molecule is OCCN1CCN(C2CC3CCC2C3)CC1. The second kappa shape index (κ2) is 4.63. The van der Waals surface area contributed by atoms with Gasteiger partial charge in [0.05, 0.1) is 6.61 Å². The molecule has 0 aromatic carbocycles. The highest BCUT2D eigenvalue weighted by Gasteiger charge is 2.42. The van der Waals surface area contributed by atoms with Crippen molar-refractivity contribution in [2.75, 3.05) is 39.3 Å². The van der Waals surface area contributed by atoms with E-state index in [1.54, 1.807) is 0 Å². The van der Waals surface area contributed by atoms with Gasteiger partial charge >= 0.3 is 0 Å². The van der Waals surface area contributed by atoms with Gasteiger partial charge in [-0.1, -0.05) is 6.42 Å². The molecule has 0 radical (unpaired) electrons. The molecule has 1 saturated heterocycles. The Morgan fingerprint density at radius 3 is 2.38 bits per heavy atom. The maximum Gasteiger partial charge on any atom is 0.0558 e. The lowest BCUT2D eigenvalue weighted by atomic mass is 9.93. The van der Waals surface area contributed by atoms with Crippen LogP contribution in [-0.4, -0.2) is 60.3 Å². The Balaban J connectivity index is 1.51. The molecular formula is C13H24N2O. The van der Waals surface area contributed by atoms with E-state index in [0.717, 1.165) is 37.5 Å². The van der Waals surface area contributed by atoms with E-state index in [1.807, 2.05) is 0 Å². The van der Waals surface area contributed by atoms with Crippen molar-refractivity contribution in [3.8, 4) is 0 Å². The maximum absolute atomic E-state index is 8.93. The zero-order valence-electron chi connectivity index (χ0n) is 10.1. The molecular weight excluding hydrogens is 200 g/mol. The number of hydrogen-bond acceptors (Lipinski definition) is 3. The predicted molar refractivity (Wildman–Crippen MR) is 64.3 cm³/mol. The van der Waals surface area contributed by atoms with Crippen LogP contribution in [0.4, 0.5) is 0 Å². The van der Waals surface area contributed by atoms with Crippen LogP contribution in [0.25, 0.3) is 0 Å². The summed E-state index contributed by atoms with van der Waals surface area (Å²) in [5.41, 5.74) is 0. The fourth-order valence-corrected chi connectivity index (χ4v) is 4.12. The van der Waals surface area contributed by atoms with E-state index in [1.165, 1.54) is 38.8 Å². The first-order chi connectivity index (χ1) is 7.86. The van der Waals surface area contributed by atoms with Gasteiger partial charge in [0.25, 0.3) is 0 Å². The molecule has 16 heavy (non-hydrogen) atoms. The van der Waals surface area contributed by atoms with E-state index in [4.69, 9.17) is 5.11 Å². The summed E-state index contributed by atoms with van der Waals surface area (Å²) in [6.45, 7) is 5.96. The molecule has 0 aromatic heterocycles. The quantitative estimate of drug-likeness (QED) is 0.767. The Labute approximate surface area is 98.4 Å². The van der Waals surface area contributed by atoms with Crippen molar-refractivity contribution in [2.24, 2.45) is 11.8 Å². The molecule has 92 valence electrons. The molecule has 3 rings (SSSR count). The van der Waals surface area contributed by atoms with Crippen LogP contribution in [0.15, 0.2) is 0 Å². The molecule has 2 saturated carbocycles. The predicted octanol–water partition coefficient (Wildman–Crippen LogP) is 0.785. The lowest BCUT2D eigenvalue weighted by Gasteiger charge is -2.40. The summed E-state index contributed by atoms with van der Waals surface area (Å²) in [6.07, 6.45) is 5.99. The summed E-state index contributed by atoms with van der Waals surface area (Å²) >= 11 is 0. The first-order valence-corrected chi connectivity index (χ1v) is 6.94. The molecule has 3 heteroatoms. The largest absolute Gasteiger partial charge is 0.395 e. The maximum atomic E-state index is 8.93. The molecule has 0 aromatic rings. The van der Waals surface area contributed by atoms with Crippen molar-refractivity contribution in [1.29, 1.82) is 0 Å². The van der Waals surface area contributed by atoms with Gasteiger partial charge in [-0.25, -0.2) is 0 Å². The summed E-state index contributed by atoms with van der Waals surface area (Å²) < 4.78 is 0. The van der Waals surface area contributed by atoms with Crippen molar-refractivity contribution in [2.45, 2.75) is 31.7 Å². The highest BCUT2D eigenvalue weighted by molar-refractivity contribution is 4.96. The molecule has 2 aliphatic carbocycles. The van der Waals surface area contributed by atoms with Gasteiger partial charge in [-0.05, 0) is 31.1 Å². The molecule has 3 aliphatic rings. The van der Waals surface area contributed by atoms with Crippen molar-refractivity contribution in [3.63, 3.8) is 0 Å². The van der Waals surface area contributed by atoms with Gasteiger partial charge in [0, 0.05) is 38.8 Å². The molecule has 0 spiro atoms. The number of rotatable bonds is 3. The number of hydrogen-bond donors (Lipinski definition) is 1. The standard InChI is InChI=1S/C13H24N2O/c16-8-7-14-3-5-15(6-4-14)13-10-11-1-2-12(13)9-11/h11-13,16H,1-10H2. The number of nitrogens with zero attached hydrogens (tertiary/aromatic N) is 2. The molecule has 1 aliphatic heterocycles. The summed E-state index contributed by atoms with van der Waals surface area (Å²) in [7, 11) is 0. The van der Waals surface area contributed by atoms with Crippen molar-refractivity contribution in [3.05, 3.63) is 0 Å². The molecule has 0 amide bonds. The lowest BCUT2D eigenvalue weighted by molar-refractivity contribution is 0.0630. The highest BCUT2D eigenvalue weighted by Crippen LogP contribution is 2.46. The minimum atomic E-state index is 0.314. The van der Waals surface area contributed by atoms with Crippen LogP contribution >= 0.6 is 0 Å². The fourth-order valence-electron chi connectivity index (χ4n) is 4.12. The number of piperazine rings is 1. The Kier molecular flexibility index (Phi) is 3.18. The minimum Gasteiger partial charge on any atom is -0.395 e. The highest BCUT2D eigenvalue weighted by atomic mass is 16.3. The van der Waals surface area contributed by atoms with Gasteiger partial charge in [-0.15, -0.1) is 0 Å². The summed E-state index contributed by atoms with van der Waals surface area (Å²) in [5, 5.41) is 8.93. The van der Waals surface area contributed by atoms with Gasteiger partial charge < -0.3 is 5.11 Å². The number of aliphatic hydroxyl groups excluding tert-OH is 1. The molecule has 2 bridgehead atoms. The van der Waals surface area contributed by atoms with Gasteiger partial charge in [-0.3, -0.25) is 9.80 Å². The lowest BCUT2D eigenvalue weighted by Crippen LogP contribution is -2.52. The smallest absolute Gasteiger partial charge is 0.0558 e. The van der Waals surface area contributed by atoms with E-state index in [9.17, 15) is 0 Å². The third-order valence-electron chi connectivity index (χ3n) is 4.99. The fraction of sp³-hybridized carbons (Fsp3) is 1.00. The van der Waals surface area contributed by atoms with Crippen LogP contribution in [0.3, 0.4) is 0 Å². The number of fused-ring (bicyclic) bond motifs is 2. The van der Waals surface area contributed by atoms with Gasteiger partial charge in [0.1, 0.15) is 0 Å². The Morgan fingerprint density at radius 1 is 1.00 bits per heavy atom. The number of aliphatic hydroxyl groups is 1. The average Bonchev–Trinajstić information content (AvgIpc) is 2.92. The van der Waals surface area contributed by atoms with Gasteiger partial charge in [0.2, 0.25) is 0 Å². The third-order valence-corrected chi connectivity index (χ3v) is 4.99. The topological polar surface area (TPSA) is 26.7 Å². The zero-order valence-corrected chi connectivity index (χ0v) is 10.1. The second-order valence-corrected chi connectivity index (χ2v) is 5.84. The first kappa shape index (κ1) is 11.0. The van der Waals surface area contributed by atoms with Crippen LogP contribution in [0.2, 0.25) is 0 Å². The van der Waals surface area contributed by atoms with Crippen molar-refractivity contribution >= 4 is 0 Å². The average molecular weight is 224 g/mol. The van der Waals surface area contributed by atoms with E-state index in [2.05, 4.69) is 9.80 Å². The van der Waals surface area contributed by atoms with E-state index < -0.39 is 0 Å². The zero-order chi connectivity index (χ0) is 11.0. The summed E-state index contributed by atoms with van der Waals surface area (Å²) in [5.74, 6) is 2.08.